The van der Waals surface area contributed by atoms with E-state index in [1.165, 1.54) is 26.2 Å². The Bertz CT molecular complexity index is 2320. The lowest BCUT2D eigenvalue weighted by atomic mass is 9.85. The number of nitrogens with zero attached hydrogens (tertiary/aromatic N) is 3. The van der Waals surface area contributed by atoms with Gasteiger partial charge in [-0.25, -0.2) is 22.6 Å². The third-order valence-electron chi connectivity index (χ3n) is 13.6. The van der Waals surface area contributed by atoms with Gasteiger partial charge in [-0.05, 0) is 83.3 Å². The lowest BCUT2D eigenvalue weighted by Crippen LogP contribution is -2.60. The van der Waals surface area contributed by atoms with Crippen LogP contribution in [-0.4, -0.2) is 122 Å². The highest BCUT2D eigenvalue weighted by Crippen LogP contribution is 2.48. The molecule has 4 amide bonds. The molecule has 7 atom stereocenters. The van der Waals surface area contributed by atoms with Crippen LogP contribution in [0.4, 0.5) is 28.0 Å². The van der Waals surface area contributed by atoms with Gasteiger partial charge in [-0.3, -0.25) is 19.1 Å². The average Bonchev–Trinajstić information content (AvgIpc) is 4.13. The summed E-state index contributed by atoms with van der Waals surface area (Å²) in [5, 5.41) is 6.01. The first-order chi connectivity index (χ1) is 30.5. The first-order valence-electron chi connectivity index (χ1n) is 22.1. The molecule has 0 unspecified atom stereocenters. The number of fused-ring (bicyclic) bond motifs is 3. The third kappa shape index (κ3) is 9.81. The van der Waals surface area contributed by atoms with Crippen LogP contribution < -0.4 is 29.7 Å². The van der Waals surface area contributed by atoms with Crippen LogP contribution in [0, 0.1) is 23.6 Å². The van der Waals surface area contributed by atoms with Crippen molar-refractivity contribution in [3.8, 4) is 11.6 Å². The monoisotopic (exact) mass is 938 g/mol. The third-order valence-corrected chi connectivity index (χ3v) is 15.8. The van der Waals surface area contributed by atoms with Crippen LogP contribution in [0.3, 0.4) is 0 Å². The Balaban J connectivity index is 1.26. The molecule has 2 saturated carbocycles. The zero-order chi connectivity index (χ0) is 47.3. The molecular formula is C44H58F4N6O10S. The summed E-state index contributed by atoms with van der Waals surface area (Å²) in [6, 6.07) is -0.164. The van der Waals surface area contributed by atoms with Gasteiger partial charge < -0.3 is 39.4 Å². The largest absolute Gasteiger partial charge is 0.494 e. The summed E-state index contributed by atoms with van der Waals surface area (Å²) in [6.07, 6.45) is 0.0182. The first-order valence-corrected chi connectivity index (χ1v) is 23.6. The minimum atomic E-state index is -4.95. The van der Waals surface area contributed by atoms with E-state index in [1.54, 1.807) is 19.2 Å². The second-order valence-electron chi connectivity index (χ2n) is 18.8. The maximum Gasteiger partial charge on any atom is 0.427 e. The number of nitrogens with one attached hydrogen (secondary N) is 3. The number of sulfonamides is 1. The number of morpholine rings is 1. The van der Waals surface area contributed by atoms with E-state index in [-0.39, 0.29) is 42.3 Å². The molecule has 2 aliphatic carbocycles. The van der Waals surface area contributed by atoms with Crippen molar-refractivity contribution in [3.05, 3.63) is 36.3 Å². The Labute approximate surface area is 375 Å². The maximum atomic E-state index is 15.4. The summed E-state index contributed by atoms with van der Waals surface area (Å²) >= 11 is 0. The summed E-state index contributed by atoms with van der Waals surface area (Å²) in [5.74, 6) is -4.67. The van der Waals surface area contributed by atoms with E-state index in [2.05, 4.69) is 20.3 Å². The summed E-state index contributed by atoms with van der Waals surface area (Å²) in [5.41, 5.74) is -3.97. The molecule has 0 spiro atoms. The normalized spacial score (nSPS) is 29.0. The molecule has 2 saturated heterocycles. The van der Waals surface area contributed by atoms with Crippen molar-refractivity contribution >= 4 is 50.3 Å². The number of rotatable bonds is 10. The van der Waals surface area contributed by atoms with Crippen LogP contribution in [0.2, 0.25) is 0 Å². The molecule has 5 aliphatic rings. The van der Waals surface area contributed by atoms with Gasteiger partial charge in [0.1, 0.15) is 23.7 Å². The van der Waals surface area contributed by atoms with Gasteiger partial charge >= 0.3 is 12.3 Å². The average molecular weight is 939 g/mol. The van der Waals surface area contributed by atoms with E-state index in [9.17, 15) is 36.0 Å². The fourth-order valence-electron chi connectivity index (χ4n) is 8.93. The minimum absolute atomic E-state index is 0.0288. The number of hydrogen-bond acceptors (Lipinski definition) is 12. The SMILES string of the molecule is CC[C@@H]1C[C@H](C)CC/C=C\[C@H]2C[C@@]2(C(=O)NS(=O)(=O)C2(C)CC2)NC(=O)[C@@H]2C[C@@H](Oc3ncc(N4CCOCC4)c4cc(OC)c(F)cc34)CN2C(=O)[C@H]1NC(=O)OC(C)(C)C(F)(F)F. The Kier molecular flexibility index (Phi) is 13.3. The number of carbonyl (C=O) groups excluding carboxylic acids is 4. The fraction of sp³-hybridized carbons (Fsp3) is 0.659. The predicted molar refractivity (Wildman–Crippen MR) is 229 cm³/mol. The topological polar surface area (TPSA) is 195 Å². The number of alkyl carbamates (subject to hydrolysis) is 1. The molecule has 3 N–H and O–H groups in total. The summed E-state index contributed by atoms with van der Waals surface area (Å²) < 4.78 is 107. The second kappa shape index (κ2) is 18.0. The number of aromatic nitrogens is 1. The first kappa shape index (κ1) is 48.0. The molecule has 16 nitrogen and oxygen atoms in total. The Morgan fingerprint density at radius 3 is 2.45 bits per heavy atom. The van der Waals surface area contributed by atoms with Gasteiger partial charge in [0, 0.05) is 36.2 Å². The van der Waals surface area contributed by atoms with Gasteiger partial charge in [0.25, 0.3) is 5.91 Å². The molecule has 4 fully saturated rings. The number of hydrogen-bond donors (Lipinski definition) is 3. The van der Waals surface area contributed by atoms with Gasteiger partial charge in [0.05, 0.1) is 43.5 Å². The van der Waals surface area contributed by atoms with Crippen molar-refractivity contribution in [1.29, 1.82) is 0 Å². The van der Waals surface area contributed by atoms with Crippen molar-refractivity contribution < 1.29 is 64.1 Å². The van der Waals surface area contributed by atoms with Crippen molar-refractivity contribution in [2.45, 2.75) is 126 Å². The number of halogens is 4. The molecule has 0 radical (unpaired) electrons. The Morgan fingerprint density at radius 1 is 1.09 bits per heavy atom. The van der Waals surface area contributed by atoms with Crippen molar-refractivity contribution in [2.24, 2.45) is 17.8 Å². The molecule has 2 aromatic rings. The van der Waals surface area contributed by atoms with Crippen molar-refractivity contribution in [1.82, 2.24) is 25.2 Å². The number of benzene rings is 1. The summed E-state index contributed by atoms with van der Waals surface area (Å²) in [7, 11) is -2.79. The van der Waals surface area contributed by atoms with Crippen LogP contribution in [0.5, 0.6) is 11.6 Å². The molecule has 0 bridgehead atoms. The number of carbonyl (C=O) groups is 4. The Morgan fingerprint density at radius 2 is 1.80 bits per heavy atom. The molecule has 4 heterocycles. The van der Waals surface area contributed by atoms with Gasteiger partial charge in [0.15, 0.2) is 11.6 Å². The zero-order valence-corrected chi connectivity index (χ0v) is 38.2. The molecule has 1 aromatic heterocycles. The van der Waals surface area contributed by atoms with E-state index in [0.29, 0.717) is 89.7 Å². The summed E-state index contributed by atoms with van der Waals surface area (Å²) in [4.78, 5) is 65.0. The van der Waals surface area contributed by atoms with Gasteiger partial charge in [-0.15, -0.1) is 0 Å². The highest BCUT2D eigenvalue weighted by atomic mass is 32.2. The van der Waals surface area contributed by atoms with Crippen LogP contribution >= 0.6 is 0 Å². The van der Waals surface area contributed by atoms with Gasteiger partial charge in [0.2, 0.25) is 33.3 Å². The van der Waals surface area contributed by atoms with Gasteiger partial charge in [-0.2, -0.15) is 13.2 Å². The number of ether oxygens (including phenoxy) is 4. The number of pyridine rings is 1. The maximum absolute atomic E-state index is 15.4. The van der Waals surface area contributed by atoms with Gasteiger partial charge in [-0.1, -0.05) is 32.4 Å². The van der Waals surface area contributed by atoms with Crippen LogP contribution in [0.25, 0.3) is 10.8 Å². The molecule has 3 aliphatic heterocycles. The summed E-state index contributed by atoms with van der Waals surface area (Å²) in [6.45, 7) is 8.25. The van der Waals surface area contributed by atoms with E-state index < -0.39 is 91.7 Å². The molecular weight excluding hydrogens is 881 g/mol. The van der Waals surface area contributed by atoms with Crippen molar-refractivity contribution in [3.63, 3.8) is 0 Å². The van der Waals surface area contributed by atoms with E-state index in [4.69, 9.17) is 18.9 Å². The van der Waals surface area contributed by atoms with E-state index in [1.807, 2.05) is 17.9 Å². The number of anilines is 1. The second-order valence-corrected chi connectivity index (χ2v) is 20.9. The Hall–Kier alpha value is -4.92. The number of allylic oxidation sites excluding steroid dienone is 1. The molecule has 1 aromatic carbocycles. The van der Waals surface area contributed by atoms with E-state index in [0.717, 1.165) is 4.90 Å². The standard InChI is InChI=1S/C44H58F4N6O10S/c1-7-26-18-25(2)10-8-9-11-27-22-43(27,39(57)52-65(59,60)42(5)12-13-42)51-36(55)32-19-28(24-54(32)38(56)35(26)50-40(58)64-41(3,4)44(46,47)48)63-37-30-20-31(45)34(61-6)21-29(30)33(23-49-37)53-14-16-62-17-15-53/h9,11,20-21,23,25-28,32,35H,7-8,10,12-19,22,24H2,1-6H3,(H,50,58)(H,51,55)(H,52,57)/b11-9-/t25-,26-,27+,28-,32+,35+,43-/m1/s1. The number of alkyl halides is 3. The fourth-order valence-corrected chi connectivity index (χ4v) is 10.2. The smallest absolute Gasteiger partial charge is 0.427 e. The van der Waals surface area contributed by atoms with Crippen LogP contribution in [0.1, 0.15) is 86.0 Å². The molecule has 21 heteroatoms. The minimum Gasteiger partial charge on any atom is -0.494 e. The predicted octanol–water partition coefficient (Wildman–Crippen LogP) is 5.28. The number of methoxy groups -OCH3 is 1. The lowest BCUT2D eigenvalue weighted by molar-refractivity contribution is -0.244. The van der Waals surface area contributed by atoms with Crippen LogP contribution in [-0.2, 0) is 33.9 Å². The lowest BCUT2D eigenvalue weighted by Gasteiger charge is -2.35. The van der Waals surface area contributed by atoms with E-state index >= 15 is 9.18 Å². The number of amides is 4. The highest BCUT2D eigenvalue weighted by molar-refractivity contribution is 7.91. The molecule has 7 rings (SSSR count). The molecule has 65 heavy (non-hydrogen) atoms. The zero-order valence-electron chi connectivity index (χ0n) is 37.4. The molecule has 358 valence electrons. The quantitative estimate of drug-likeness (QED) is 0.207. The highest BCUT2D eigenvalue weighted by Gasteiger charge is 2.63. The van der Waals surface area contributed by atoms with Crippen LogP contribution in [0.15, 0.2) is 30.5 Å². The van der Waals surface area contributed by atoms with Crippen molar-refractivity contribution in [2.75, 3.05) is 44.9 Å².